The van der Waals surface area contributed by atoms with Crippen LogP contribution in [0.25, 0.3) is 0 Å². The van der Waals surface area contributed by atoms with Gasteiger partial charge in [-0.3, -0.25) is 15.1 Å². The third-order valence-electron chi connectivity index (χ3n) is 2.07. The minimum atomic E-state index is -0.378. The van der Waals surface area contributed by atoms with Crippen molar-refractivity contribution >= 4 is 11.9 Å². The topological polar surface area (TPSA) is 112 Å². The Hall–Kier alpha value is -2.79. The van der Waals surface area contributed by atoms with E-state index < -0.39 is 0 Å². The summed E-state index contributed by atoms with van der Waals surface area (Å²) in [6, 6.07) is 1.61. The molecule has 8 heteroatoms. The van der Waals surface area contributed by atoms with Crippen LogP contribution in [-0.4, -0.2) is 37.6 Å². The lowest BCUT2D eigenvalue weighted by molar-refractivity contribution is 0.102. The minimum absolute atomic E-state index is 0.131. The molecule has 0 spiro atoms. The Kier molecular flexibility index (Phi) is 3.80. The summed E-state index contributed by atoms with van der Waals surface area (Å²) in [7, 11) is 1.60. The SMILES string of the molecule is Cn1nnc(NC(=O)c2cncc(C#CCN)c2)n1. The molecule has 0 saturated heterocycles. The van der Waals surface area contributed by atoms with Crippen molar-refractivity contribution in [2.75, 3.05) is 11.9 Å². The van der Waals surface area contributed by atoms with Crippen molar-refractivity contribution in [3.8, 4) is 11.8 Å². The highest BCUT2D eigenvalue weighted by Crippen LogP contribution is 2.04. The van der Waals surface area contributed by atoms with Gasteiger partial charge in [-0.2, -0.15) is 4.80 Å². The Labute approximate surface area is 109 Å². The number of amides is 1. The molecule has 96 valence electrons. The number of hydrogen-bond donors (Lipinski definition) is 2. The Morgan fingerprint density at radius 3 is 3.05 bits per heavy atom. The highest BCUT2D eigenvalue weighted by molar-refractivity contribution is 6.03. The van der Waals surface area contributed by atoms with E-state index in [0.717, 1.165) is 0 Å². The average molecular weight is 257 g/mol. The van der Waals surface area contributed by atoms with Gasteiger partial charge in [-0.25, -0.2) is 0 Å². The van der Waals surface area contributed by atoms with Crippen LogP contribution in [0, 0.1) is 11.8 Å². The van der Waals surface area contributed by atoms with Crippen LogP contribution in [0.5, 0.6) is 0 Å². The average Bonchev–Trinajstić information content (AvgIpc) is 2.82. The molecular formula is C11H11N7O. The third kappa shape index (κ3) is 3.34. The van der Waals surface area contributed by atoms with E-state index in [2.05, 4.69) is 37.6 Å². The zero-order valence-electron chi connectivity index (χ0n) is 10.2. The van der Waals surface area contributed by atoms with Crippen LogP contribution in [-0.2, 0) is 7.05 Å². The third-order valence-corrected chi connectivity index (χ3v) is 2.07. The summed E-state index contributed by atoms with van der Waals surface area (Å²) in [5, 5.41) is 13.6. The maximum Gasteiger partial charge on any atom is 0.270 e. The van der Waals surface area contributed by atoms with Crippen LogP contribution in [0.1, 0.15) is 15.9 Å². The summed E-state index contributed by atoms with van der Waals surface area (Å²) < 4.78 is 0. The number of nitrogens with one attached hydrogen (secondary N) is 1. The van der Waals surface area contributed by atoms with E-state index >= 15 is 0 Å². The number of carbonyl (C=O) groups is 1. The summed E-state index contributed by atoms with van der Waals surface area (Å²) >= 11 is 0. The molecule has 0 fully saturated rings. The number of hydrogen-bond acceptors (Lipinski definition) is 6. The van der Waals surface area contributed by atoms with Crippen molar-refractivity contribution in [1.29, 1.82) is 0 Å². The molecular weight excluding hydrogens is 246 g/mol. The van der Waals surface area contributed by atoms with Gasteiger partial charge < -0.3 is 5.73 Å². The Balaban J connectivity index is 2.15. The molecule has 2 aromatic heterocycles. The zero-order chi connectivity index (χ0) is 13.7. The summed E-state index contributed by atoms with van der Waals surface area (Å²) in [4.78, 5) is 17.1. The Morgan fingerprint density at radius 2 is 2.37 bits per heavy atom. The van der Waals surface area contributed by atoms with Crippen molar-refractivity contribution in [3.05, 3.63) is 29.6 Å². The first-order valence-corrected chi connectivity index (χ1v) is 5.38. The quantitative estimate of drug-likeness (QED) is 0.679. The van der Waals surface area contributed by atoms with Gasteiger partial charge in [0.15, 0.2) is 0 Å². The van der Waals surface area contributed by atoms with Gasteiger partial charge in [0.2, 0.25) is 0 Å². The summed E-state index contributed by atoms with van der Waals surface area (Å²) in [6.07, 6.45) is 2.99. The summed E-state index contributed by atoms with van der Waals surface area (Å²) in [5.74, 6) is 5.25. The second kappa shape index (κ2) is 5.70. The van der Waals surface area contributed by atoms with Gasteiger partial charge in [0, 0.05) is 18.0 Å². The van der Waals surface area contributed by atoms with Gasteiger partial charge in [-0.05, 0) is 11.3 Å². The van der Waals surface area contributed by atoms with Gasteiger partial charge >= 0.3 is 0 Å². The van der Waals surface area contributed by atoms with E-state index in [4.69, 9.17) is 5.73 Å². The first kappa shape index (κ1) is 12.7. The number of aryl methyl sites for hydroxylation is 1. The van der Waals surface area contributed by atoms with Crippen LogP contribution < -0.4 is 11.1 Å². The first-order valence-electron chi connectivity index (χ1n) is 5.38. The van der Waals surface area contributed by atoms with E-state index in [1.807, 2.05) is 0 Å². The van der Waals surface area contributed by atoms with Crippen molar-refractivity contribution in [2.45, 2.75) is 0 Å². The van der Waals surface area contributed by atoms with Crippen molar-refractivity contribution in [2.24, 2.45) is 12.8 Å². The van der Waals surface area contributed by atoms with E-state index in [0.29, 0.717) is 11.1 Å². The summed E-state index contributed by atoms with van der Waals surface area (Å²) in [5.41, 5.74) is 6.25. The molecule has 2 aromatic rings. The molecule has 0 aliphatic rings. The van der Waals surface area contributed by atoms with Crippen LogP contribution in [0.2, 0.25) is 0 Å². The number of carbonyl (C=O) groups excluding carboxylic acids is 1. The number of pyridine rings is 1. The lowest BCUT2D eigenvalue weighted by Crippen LogP contribution is -2.13. The normalized spacial score (nSPS) is 9.58. The molecule has 0 aliphatic carbocycles. The van der Waals surface area contributed by atoms with Crippen molar-refractivity contribution < 1.29 is 4.79 Å². The van der Waals surface area contributed by atoms with Crippen LogP contribution in [0.15, 0.2) is 18.5 Å². The van der Waals surface area contributed by atoms with E-state index in [9.17, 15) is 4.79 Å². The standard InChI is InChI=1S/C11H11N7O/c1-18-16-11(15-17-18)14-10(19)9-5-8(3-2-4-12)6-13-7-9/h5-7H,4,12H2,1H3,(H,14,16,19). The second-order valence-corrected chi connectivity index (χ2v) is 3.52. The van der Waals surface area contributed by atoms with E-state index in [1.54, 1.807) is 19.3 Å². The zero-order valence-corrected chi connectivity index (χ0v) is 10.2. The molecule has 2 rings (SSSR count). The number of anilines is 1. The fourth-order valence-electron chi connectivity index (χ4n) is 1.29. The van der Waals surface area contributed by atoms with Crippen molar-refractivity contribution in [3.63, 3.8) is 0 Å². The van der Waals surface area contributed by atoms with E-state index in [-0.39, 0.29) is 18.4 Å². The number of nitrogens with zero attached hydrogens (tertiary/aromatic N) is 5. The monoisotopic (exact) mass is 257 g/mol. The maximum atomic E-state index is 11.9. The van der Waals surface area contributed by atoms with Crippen molar-refractivity contribution in [1.82, 2.24) is 25.2 Å². The molecule has 2 heterocycles. The second-order valence-electron chi connectivity index (χ2n) is 3.52. The first-order chi connectivity index (χ1) is 9.19. The lowest BCUT2D eigenvalue weighted by atomic mass is 10.2. The number of nitrogens with two attached hydrogens (primary N) is 1. The maximum absolute atomic E-state index is 11.9. The molecule has 0 radical (unpaired) electrons. The van der Waals surface area contributed by atoms with Crippen LogP contribution in [0.4, 0.5) is 5.95 Å². The molecule has 1 amide bonds. The minimum Gasteiger partial charge on any atom is -0.320 e. The Morgan fingerprint density at radius 1 is 1.53 bits per heavy atom. The molecule has 3 N–H and O–H groups in total. The van der Waals surface area contributed by atoms with E-state index in [1.165, 1.54) is 11.0 Å². The fourth-order valence-corrected chi connectivity index (χ4v) is 1.29. The van der Waals surface area contributed by atoms with Gasteiger partial charge in [0.05, 0.1) is 19.2 Å². The number of aromatic nitrogens is 5. The number of tetrazole rings is 1. The molecule has 0 aromatic carbocycles. The molecule has 8 nitrogen and oxygen atoms in total. The predicted octanol–water partition coefficient (Wildman–Crippen LogP) is -0.832. The molecule has 0 atom stereocenters. The molecule has 0 bridgehead atoms. The van der Waals surface area contributed by atoms with Gasteiger partial charge in [0.25, 0.3) is 11.9 Å². The smallest absolute Gasteiger partial charge is 0.270 e. The largest absolute Gasteiger partial charge is 0.320 e. The molecule has 0 aliphatic heterocycles. The highest BCUT2D eigenvalue weighted by Gasteiger charge is 2.09. The molecule has 19 heavy (non-hydrogen) atoms. The van der Waals surface area contributed by atoms with Gasteiger partial charge in [-0.15, -0.1) is 5.10 Å². The van der Waals surface area contributed by atoms with Gasteiger partial charge in [-0.1, -0.05) is 16.9 Å². The number of rotatable bonds is 2. The van der Waals surface area contributed by atoms with Gasteiger partial charge in [0.1, 0.15) is 0 Å². The highest BCUT2D eigenvalue weighted by atomic mass is 16.1. The molecule has 0 unspecified atom stereocenters. The van der Waals surface area contributed by atoms with Crippen LogP contribution in [0.3, 0.4) is 0 Å². The Bertz CT molecular complexity index is 652. The lowest BCUT2D eigenvalue weighted by Gasteiger charge is -2.00. The summed E-state index contributed by atoms with van der Waals surface area (Å²) in [6.45, 7) is 0.250. The molecule has 0 saturated carbocycles. The fraction of sp³-hybridized carbons (Fsp3) is 0.182. The van der Waals surface area contributed by atoms with Crippen LogP contribution >= 0.6 is 0 Å². The predicted molar refractivity (Wildman–Crippen MR) is 66.9 cm³/mol.